The summed E-state index contributed by atoms with van der Waals surface area (Å²) in [6, 6.07) is 6.92. The minimum Gasteiger partial charge on any atom is -0.548 e. The second kappa shape index (κ2) is 10.9. The minimum absolute atomic E-state index is 0. The van der Waals surface area contributed by atoms with Crippen LogP contribution in [0.1, 0.15) is 10.4 Å². The summed E-state index contributed by atoms with van der Waals surface area (Å²) in [4.78, 5) is 21.5. The Bertz CT molecular complexity index is 374. The molecule has 0 atom stereocenters. The number of carbonyl (C=O) groups is 2. The molecule has 0 fully saturated rings. The molecule has 6 nitrogen and oxygen atoms in total. The summed E-state index contributed by atoms with van der Waals surface area (Å²) in [5, 5.41) is 12.3. The number of halogens is 1. The van der Waals surface area contributed by atoms with Crippen LogP contribution >= 0.6 is 22.6 Å². The van der Waals surface area contributed by atoms with Gasteiger partial charge in [-0.1, -0.05) is 12.1 Å². The summed E-state index contributed by atoms with van der Waals surface area (Å²) >= 11 is 2.01. The van der Waals surface area contributed by atoms with Crippen molar-refractivity contribution in [3.05, 3.63) is 33.4 Å². The molecule has 1 amide bonds. The van der Waals surface area contributed by atoms with Crippen molar-refractivity contribution in [2.24, 2.45) is 0 Å². The van der Waals surface area contributed by atoms with Gasteiger partial charge in [-0.2, -0.15) is 0 Å². The van der Waals surface area contributed by atoms with E-state index in [1.165, 1.54) is 0 Å². The fourth-order valence-corrected chi connectivity index (χ4v) is 1.53. The van der Waals surface area contributed by atoms with E-state index in [0.29, 0.717) is 5.56 Å². The van der Waals surface area contributed by atoms with E-state index in [-0.39, 0.29) is 40.5 Å². The van der Waals surface area contributed by atoms with Gasteiger partial charge in [0.2, 0.25) is 0 Å². The number of carbonyl (C=O) groups excluding carboxylic acids is 2. The topological polar surface area (TPSA) is 132 Å². The van der Waals surface area contributed by atoms with Gasteiger partial charge in [0.05, 0.1) is 18.1 Å². The number of hydrogen-bond acceptors (Lipinski definition) is 3. The van der Waals surface area contributed by atoms with Crippen LogP contribution in [0.15, 0.2) is 24.3 Å². The molecule has 1 rings (SSSR count). The molecule has 0 saturated carbocycles. The van der Waals surface area contributed by atoms with Gasteiger partial charge in [-0.25, -0.2) is 0 Å². The fraction of sp³-hybridized carbons (Fsp3) is 0.111. The molecule has 1 aromatic carbocycles. The maximum atomic E-state index is 11.4. The van der Waals surface area contributed by atoms with E-state index < -0.39 is 18.4 Å². The molecule has 0 aliphatic rings. The third kappa shape index (κ3) is 7.68. The van der Waals surface area contributed by atoms with Crippen LogP contribution in [0.4, 0.5) is 0 Å². The van der Waals surface area contributed by atoms with Crippen LogP contribution in [-0.4, -0.2) is 29.4 Å². The van der Waals surface area contributed by atoms with E-state index in [1.54, 1.807) is 24.3 Å². The maximum absolute atomic E-state index is 11.4. The number of aliphatic carboxylic acids is 1. The smallest absolute Gasteiger partial charge is 0.548 e. The van der Waals surface area contributed by atoms with Crippen molar-refractivity contribution in [3.63, 3.8) is 0 Å². The number of amides is 1. The predicted molar refractivity (Wildman–Crippen MR) is 63.7 cm³/mol. The van der Waals surface area contributed by atoms with Crippen LogP contribution in [0.2, 0.25) is 0 Å². The zero-order valence-electron chi connectivity index (χ0n) is 9.12. The molecule has 8 heteroatoms. The molecule has 17 heavy (non-hydrogen) atoms. The molecule has 0 bridgehead atoms. The van der Waals surface area contributed by atoms with Crippen molar-refractivity contribution in [3.8, 4) is 0 Å². The quantitative estimate of drug-likeness (QED) is 0.427. The summed E-state index contributed by atoms with van der Waals surface area (Å²) < 4.78 is 0.779. The van der Waals surface area contributed by atoms with E-state index in [9.17, 15) is 14.7 Å². The monoisotopic (exact) mass is 363 g/mol. The van der Waals surface area contributed by atoms with Gasteiger partial charge >= 0.3 is 29.6 Å². The Kier molecular flexibility index (Phi) is 14.2. The molecule has 0 heterocycles. The summed E-state index contributed by atoms with van der Waals surface area (Å²) in [6.07, 6.45) is 0. The van der Waals surface area contributed by atoms with Gasteiger partial charge in [0.25, 0.3) is 5.91 Å². The molecule has 0 unspecified atom stereocenters. The first kappa shape index (κ1) is 22.0. The number of carboxylic acids is 1. The first-order valence-corrected chi connectivity index (χ1v) is 4.91. The van der Waals surface area contributed by atoms with Gasteiger partial charge < -0.3 is 26.2 Å². The number of benzene rings is 1. The maximum Gasteiger partial charge on any atom is 1.00 e. The Morgan fingerprint density at radius 2 is 1.76 bits per heavy atom. The van der Waals surface area contributed by atoms with Crippen molar-refractivity contribution < 1.29 is 55.2 Å². The Morgan fingerprint density at radius 1 is 1.24 bits per heavy atom. The largest absolute Gasteiger partial charge is 1.00 e. The van der Waals surface area contributed by atoms with Crippen LogP contribution in [-0.2, 0) is 4.79 Å². The van der Waals surface area contributed by atoms with Crippen molar-refractivity contribution in [2.45, 2.75) is 0 Å². The Labute approximate surface area is 134 Å². The Hall–Kier alpha value is -0.190. The zero-order chi connectivity index (χ0) is 10.6. The molecular weight excluding hydrogens is 352 g/mol. The summed E-state index contributed by atoms with van der Waals surface area (Å²) in [6.45, 7) is -0.468. The predicted octanol–water partition coefficient (Wildman–Crippen LogP) is -4.87. The van der Waals surface area contributed by atoms with Gasteiger partial charge in [-0.05, 0) is 34.7 Å². The number of rotatable bonds is 3. The molecule has 0 aliphatic carbocycles. The first-order chi connectivity index (χ1) is 6.61. The average molecular weight is 363 g/mol. The van der Waals surface area contributed by atoms with Gasteiger partial charge in [0.15, 0.2) is 0 Å². The second-order valence-electron chi connectivity index (χ2n) is 2.53. The number of carboxylic acid groups (broad SMARTS) is 1. The molecule has 0 aromatic heterocycles. The Morgan fingerprint density at radius 3 is 2.24 bits per heavy atom. The normalized spacial score (nSPS) is 7.82. The standard InChI is InChI=1S/C9H8INO3.Na.2H2O/c10-7-4-2-1-3-6(7)9(14)11-5-8(12)13;;;/h1-4H,5H2,(H,11,14)(H,12,13);;2*1H2/q;+1;;/p-1. The fourth-order valence-electron chi connectivity index (χ4n) is 0.893. The summed E-state index contributed by atoms with van der Waals surface area (Å²) in [5.41, 5.74) is 0.467. The van der Waals surface area contributed by atoms with Gasteiger partial charge in [-0.3, -0.25) is 4.79 Å². The van der Waals surface area contributed by atoms with Crippen LogP contribution in [0.3, 0.4) is 0 Å². The number of nitrogens with one attached hydrogen (secondary N) is 1. The van der Waals surface area contributed by atoms with Crippen LogP contribution in [0.5, 0.6) is 0 Å². The van der Waals surface area contributed by atoms with E-state index in [4.69, 9.17) is 0 Å². The zero-order valence-corrected chi connectivity index (χ0v) is 13.3. The first-order valence-electron chi connectivity index (χ1n) is 3.84. The molecule has 90 valence electrons. The average Bonchev–Trinajstić information content (AvgIpc) is 2.15. The van der Waals surface area contributed by atoms with Gasteiger partial charge in [0.1, 0.15) is 0 Å². The Balaban J connectivity index is -0.000000653. The molecule has 1 aromatic rings. The van der Waals surface area contributed by atoms with E-state index in [0.717, 1.165) is 3.57 Å². The molecule has 5 N–H and O–H groups in total. The molecule has 0 radical (unpaired) electrons. The van der Waals surface area contributed by atoms with Crippen molar-refractivity contribution in [1.82, 2.24) is 5.32 Å². The van der Waals surface area contributed by atoms with Crippen LogP contribution in [0, 0.1) is 3.57 Å². The number of hydrogen-bond donors (Lipinski definition) is 1. The molecule has 0 spiro atoms. The third-order valence-electron chi connectivity index (χ3n) is 1.51. The van der Waals surface area contributed by atoms with Gasteiger partial charge in [-0.15, -0.1) is 0 Å². The van der Waals surface area contributed by atoms with E-state index in [1.807, 2.05) is 22.6 Å². The molecule has 0 saturated heterocycles. The van der Waals surface area contributed by atoms with Crippen LogP contribution in [0.25, 0.3) is 0 Å². The van der Waals surface area contributed by atoms with Crippen LogP contribution < -0.4 is 40.0 Å². The van der Waals surface area contributed by atoms with Crippen molar-refractivity contribution >= 4 is 34.5 Å². The van der Waals surface area contributed by atoms with Gasteiger partial charge in [0, 0.05) is 3.57 Å². The SMILES string of the molecule is O.O.O=C([O-])CNC(=O)c1ccccc1I.[Na+]. The second-order valence-corrected chi connectivity index (χ2v) is 3.70. The third-order valence-corrected chi connectivity index (χ3v) is 2.45. The van der Waals surface area contributed by atoms with Crippen molar-refractivity contribution in [1.29, 1.82) is 0 Å². The summed E-state index contributed by atoms with van der Waals surface area (Å²) in [7, 11) is 0. The molecule has 0 aliphatic heterocycles. The van der Waals surface area contributed by atoms with Crippen molar-refractivity contribution in [2.75, 3.05) is 6.54 Å². The summed E-state index contributed by atoms with van der Waals surface area (Å²) in [5.74, 6) is -1.71. The van der Waals surface area contributed by atoms with E-state index in [2.05, 4.69) is 5.32 Å². The van der Waals surface area contributed by atoms with E-state index >= 15 is 0 Å². The minimum atomic E-state index is -1.30. The molecular formula is C9H11INNaO5.